The Morgan fingerprint density at radius 2 is 0.893 bits per heavy atom. The van der Waals surface area contributed by atoms with E-state index in [1.807, 2.05) is 6.07 Å². The average molecular weight is 715 g/mol. The van der Waals surface area contributed by atoms with Crippen LogP contribution in [-0.4, -0.2) is 9.13 Å². The van der Waals surface area contributed by atoms with E-state index in [2.05, 4.69) is 185 Å². The quantitative estimate of drug-likeness (QED) is 0.183. The summed E-state index contributed by atoms with van der Waals surface area (Å²) in [5.41, 5.74) is 12.7. The molecule has 0 N–H and O–H groups in total. The summed E-state index contributed by atoms with van der Waals surface area (Å²) < 4.78 is 18.2. The van der Waals surface area contributed by atoms with Crippen LogP contribution in [0.25, 0.3) is 121 Å². The predicted molar refractivity (Wildman–Crippen MR) is 233 cm³/mol. The summed E-state index contributed by atoms with van der Waals surface area (Å²) in [6, 6.07) is 65.1. The second kappa shape index (κ2) is 11.0. The monoisotopic (exact) mass is 714 g/mol. The molecule has 0 aliphatic heterocycles. The van der Waals surface area contributed by atoms with Crippen molar-refractivity contribution in [3.8, 4) is 22.5 Å². The third kappa shape index (κ3) is 3.92. The first kappa shape index (κ1) is 29.8. The highest BCUT2D eigenvalue weighted by Crippen LogP contribution is 2.49. The topological polar surface area (TPSA) is 36.1 Å². The number of rotatable bonds is 3. The van der Waals surface area contributed by atoms with Crippen LogP contribution in [0.15, 0.2) is 191 Å². The molecule has 13 rings (SSSR count). The molecule has 4 aromatic heterocycles. The number of hydrogen-bond donors (Lipinski definition) is 0. The number of aromatic nitrogens is 2. The van der Waals surface area contributed by atoms with E-state index in [1.165, 1.54) is 54.5 Å². The fourth-order valence-electron chi connectivity index (χ4n) is 9.55. The molecule has 0 amide bonds. The SMILES string of the molecule is c1ccc(-n2c3ccccc3c3cc(-c4ccc(-n5c6ccccc6c6c7ccc8oc9ccccc9c8c7c7c8ccccc8oc7c65)cc4)ccc32)cc1. The molecule has 13 aromatic rings. The van der Waals surface area contributed by atoms with Gasteiger partial charge in [0.1, 0.15) is 16.7 Å². The lowest BCUT2D eigenvalue weighted by Crippen LogP contribution is -1.94. The Morgan fingerprint density at radius 3 is 1.68 bits per heavy atom. The average Bonchev–Trinajstić information content (AvgIpc) is 4.02. The summed E-state index contributed by atoms with van der Waals surface area (Å²) in [6.07, 6.45) is 0. The standard InChI is InChI=1S/C52H30N2O2/c1-2-12-33(13-3-1)53-41-18-8-4-14-35(41)40-30-32(24-28-43(40)53)31-22-25-34(26-23-31)54-42-19-9-5-15-36(42)47-39-27-29-46-48(37-16-6-10-20-44(37)55-46)49(39)50-38-17-7-11-21-45(38)56-52(50)51(47)54/h1-30H. The van der Waals surface area contributed by atoms with Crippen molar-refractivity contribution in [3.05, 3.63) is 182 Å². The Kier molecular flexibility index (Phi) is 5.86. The van der Waals surface area contributed by atoms with Crippen molar-refractivity contribution < 1.29 is 8.83 Å². The third-order valence-corrected chi connectivity index (χ3v) is 11.9. The van der Waals surface area contributed by atoms with Crippen LogP contribution in [0.2, 0.25) is 0 Å². The van der Waals surface area contributed by atoms with Gasteiger partial charge in [-0.05, 0) is 89.3 Å². The Labute approximate surface area is 319 Å². The van der Waals surface area contributed by atoms with Gasteiger partial charge in [0.2, 0.25) is 0 Å². The molecule has 260 valence electrons. The zero-order chi connectivity index (χ0) is 36.5. The minimum Gasteiger partial charge on any atom is -0.456 e. The van der Waals surface area contributed by atoms with Crippen LogP contribution < -0.4 is 0 Å². The number of fused-ring (bicyclic) bond motifs is 17. The normalized spacial score (nSPS) is 12.3. The largest absolute Gasteiger partial charge is 0.456 e. The Balaban J connectivity index is 1.07. The van der Waals surface area contributed by atoms with Crippen molar-refractivity contribution in [1.29, 1.82) is 0 Å². The van der Waals surface area contributed by atoms with Gasteiger partial charge in [-0.25, -0.2) is 0 Å². The molecule has 0 radical (unpaired) electrons. The Morgan fingerprint density at radius 1 is 0.304 bits per heavy atom. The molecular weight excluding hydrogens is 685 g/mol. The molecule has 0 aliphatic rings. The van der Waals surface area contributed by atoms with Crippen LogP contribution in [0.3, 0.4) is 0 Å². The summed E-state index contributed by atoms with van der Waals surface area (Å²) in [6.45, 7) is 0. The summed E-state index contributed by atoms with van der Waals surface area (Å²) in [7, 11) is 0. The van der Waals surface area contributed by atoms with Crippen LogP contribution in [0.1, 0.15) is 0 Å². The lowest BCUT2D eigenvalue weighted by Gasteiger charge is -2.11. The van der Waals surface area contributed by atoms with Gasteiger partial charge in [0.25, 0.3) is 0 Å². The molecule has 0 unspecified atom stereocenters. The Hall–Kier alpha value is -7.56. The number of hydrogen-bond acceptors (Lipinski definition) is 2. The molecule has 56 heavy (non-hydrogen) atoms. The number of para-hydroxylation sites is 5. The summed E-state index contributed by atoms with van der Waals surface area (Å²) in [4.78, 5) is 0. The number of furan rings is 2. The van der Waals surface area contributed by atoms with Gasteiger partial charge in [0.05, 0.1) is 22.1 Å². The van der Waals surface area contributed by atoms with Gasteiger partial charge in [0, 0.05) is 59.9 Å². The molecule has 0 saturated heterocycles. The lowest BCUT2D eigenvalue weighted by atomic mass is 9.95. The van der Waals surface area contributed by atoms with Gasteiger partial charge in [-0.2, -0.15) is 0 Å². The fourth-order valence-corrected chi connectivity index (χ4v) is 9.55. The van der Waals surface area contributed by atoms with Crippen molar-refractivity contribution in [2.24, 2.45) is 0 Å². The summed E-state index contributed by atoms with van der Waals surface area (Å²) >= 11 is 0. The number of nitrogens with zero attached hydrogens (tertiary/aromatic N) is 2. The predicted octanol–water partition coefficient (Wildman–Crippen LogP) is 14.5. The molecule has 0 spiro atoms. The third-order valence-electron chi connectivity index (χ3n) is 11.9. The Bertz CT molecular complexity index is 3750. The molecule has 4 heteroatoms. The maximum atomic E-state index is 6.95. The molecule has 0 saturated carbocycles. The molecular formula is C52H30N2O2. The van der Waals surface area contributed by atoms with Gasteiger partial charge in [-0.3, -0.25) is 0 Å². The van der Waals surface area contributed by atoms with E-state index in [9.17, 15) is 0 Å². The zero-order valence-electron chi connectivity index (χ0n) is 30.0. The van der Waals surface area contributed by atoms with E-state index < -0.39 is 0 Å². The molecule has 4 nitrogen and oxygen atoms in total. The van der Waals surface area contributed by atoms with Gasteiger partial charge < -0.3 is 18.0 Å². The van der Waals surface area contributed by atoms with Gasteiger partial charge in [-0.15, -0.1) is 0 Å². The first-order valence-electron chi connectivity index (χ1n) is 19.1. The molecule has 4 heterocycles. The molecule has 0 fully saturated rings. The second-order valence-electron chi connectivity index (χ2n) is 14.8. The first-order chi connectivity index (χ1) is 27.8. The smallest absolute Gasteiger partial charge is 0.160 e. The maximum absolute atomic E-state index is 6.95. The van der Waals surface area contributed by atoms with Crippen molar-refractivity contribution in [1.82, 2.24) is 9.13 Å². The fraction of sp³-hybridized carbons (Fsp3) is 0. The first-order valence-corrected chi connectivity index (χ1v) is 19.1. The lowest BCUT2D eigenvalue weighted by molar-refractivity contribution is 0.669. The van der Waals surface area contributed by atoms with Crippen molar-refractivity contribution in [2.75, 3.05) is 0 Å². The summed E-state index contributed by atoms with van der Waals surface area (Å²) in [5, 5.41) is 11.7. The van der Waals surface area contributed by atoms with E-state index in [4.69, 9.17) is 8.83 Å². The van der Waals surface area contributed by atoms with Gasteiger partial charge in [0.15, 0.2) is 5.58 Å². The van der Waals surface area contributed by atoms with E-state index in [1.54, 1.807) is 0 Å². The van der Waals surface area contributed by atoms with Crippen molar-refractivity contribution >= 4 is 98.3 Å². The van der Waals surface area contributed by atoms with Gasteiger partial charge in [-0.1, -0.05) is 109 Å². The summed E-state index contributed by atoms with van der Waals surface area (Å²) in [5.74, 6) is 0. The van der Waals surface area contributed by atoms with Gasteiger partial charge >= 0.3 is 0 Å². The molecule has 0 bridgehead atoms. The molecule has 0 atom stereocenters. The minimum absolute atomic E-state index is 0.872. The highest BCUT2D eigenvalue weighted by Gasteiger charge is 2.25. The van der Waals surface area contributed by atoms with Crippen LogP contribution in [-0.2, 0) is 0 Å². The van der Waals surface area contributed by atoms with E-state index in [0.717, 1.165) is 66.3 Å². The zero-order valence-corrected chi connectivity index (χ0v) is 30.0. The van der Waals surface area contributed by atoms with Crippen molar-refractivity contribution in [3.63, 3.8) is 0 Å². The maximum Gasteiger partial charge on any atom is 0.160 e. The second-order valence-corrected chi connectivity index (χ2v) is 14.8. The van der Waals surface area contributed by atoms with E-state index >= 15 is 0 Å². The molecule has 0 aliphatic carbocycles. The van der Waals surface area contributed by atoms with Crippen LogP contribution in [0, 0.1) is 0 Å². The highest BCUT2D eigenvalue weighted by atomic mass is 16.3. The van der Waals surface area contributed by atoms with Crippen LogP contribution >= 0.6 is 0 Å². The van der Waals surface area contributed by atoms with Crippen molar-refractivity contribution in [2.45, 2.75) is 0 Å². The molecule has 9 aromatic carbocycles. The number of benzene rings is 9. The van der Waals surface area contributed by atoms with Crippen LogP contribution in [0.4, 0.5) is 0 Å². The minimum atomic E-state index is 0.872. The van der Waals surface area contributed by atoms with Crippen LogP contribution in [0.5, 0.6) is 0 Å². The van der Waals surface area contributed by atoms with E-state index in [0.29, 0.717) is 0 Å². The van der Waals surface area contributed by atoms with E-state index in [-0.39, 0.29) is 0 Å². The highest BCUT2D eigenvalue weighted by molar-refractivity contribution is 6.40.